The van der Waals surface area contributed by atoms with Gasteiger partial charge in [-0.25, -0.2) is 4.79 Å². The van der Waals surface area contributed by atoms with E-state index in [0.29, 0.717) is 23.4 Å². The molecule has 9 heteroatoms. The number of benzene rings is 2. The van der Waals surface area contributed by atoms with E-state index in [9.17, 15) is 14.4 Å². The Bertz CT molecular complexity index is 1090. The maximum absolute atomic E-state index is 13.0. The normalized spacial score (nSPS) is 19.8. The van der Waals surface area contributed by atoms with Crippen molar-refractivity contribution in [1.82, 2.24) is 4.90 Å². The number of esters is 1. The molecular formula is C22H21BrN2O6. The molecule has 0 aromatic heterocycles. The van der Waals surface area contributed by atoms with Crippen molar-refractivity contribution in [3.05, 3.63) is 51.5 Å². The van der Waals surface area contributed by atoms with Gasteiger partial charge in [0.25, 0.3) is 0 Å². The first-order valence-corrected chi connectivity index (χ1v) is 10.5. The van der Waals surface area contributed by atoms with Crippen LogP contribution in [-0.4, -0.2) is 42.9 Å². The van der Waals surface area contributed by atoms with Crippen LogP contribution in [0.1, 0.15) is 40.6 Å². The molecule has 0 aliphatic carbocycles. The number of nitrogens with zero attached hydrogens (tertiary/aromatic N) is 1. The van der Waals surface area contributed by atoms with Crippen LogP contribution >= 0.6 is 15.9 Å². The topological polar surface area (TPSA) is 94.2 Å². The summed E-state index contributed by atoms with van der Waals surface area (Å²) in [7, 11) is 2.90. The Morgan fingerprint density at radius 1 is 1.19 bits per heavy atom. The molecule has 0 radical (unpaired) electrons. The van der Waals surface area contributed by atoms with Gasteiger partial charge in [-0.15, -0.1) is 0 Å². The van der Waals surface area contributed by atoms with Gasteiger partial charge in [0.05, 0.1) is 14.2 Å². The van der Waals surface area contributed by atoms with Crippen molar-refractivity contribution in [2.24, 2.45) is 0 Å². The minimum atomic E-state index is -1.00. The summed E-state index contributed by atoms with van der Waals surface area (Å²) >= 11 is 3.43. The molecule has 2 heterocycles. The van der Waals surface area contributed by atoms with Crippen LogP contribution in [0.2, 0.25) is 0 Å². The Morgan fingerprint density at radius 2 is 1.97 bits per heavy atom. The summed E-state index contributed by atoms with van der Waals surface area (Å²) < 4.78 is 17.1. The number of halogens is 1. The number of methoxy groups -OCH3 is 2. The van der Waals surface area contributed by atoms with Crippen molar-refractivity contribution in [1.29, 1.82) is 0 Å². The maximum Gasteiger partial charge on any atom is 0.344 e. The summed E-state index contributed by atoms with van der Waals surface area (Å²) in [5, 5.41) is 2.86. The molecule has 1 saturated heterocycles. The van der Waals surface area contributed by atoms with Crippen LogP contribution in [0.4, 0.5) is 5.69 Å². The molecule has 2 aromatic rings. The standard InChI is InChI=1S/C22H21BrN2O6/c1-11-10-12(4-6-14(11)23)24-20(27)15-7-9-17(26)25(15)21-13-5-8-16(29-2)19(30-3)18(13)22(28)31-21/h4-6,8,10,15,21H,7,9H2,1-3H3,(H,24,27)/t15-,21-/m1/s1. The van der Waals surface area contributed by atoms with Crippen molar-refractivity contribution >= 4 is 39.4 Å². The van der Waals surface area contributed by atoms with Crippen molar-refractivity contribution in [2.45, 2.75) is 32.0 Å². The number of carbonyl (C=O) groups excluding carboxylic acids is 3. The van der Waals surface area contributed by atoms with Crippen LogP contribution in [-0.2, 0) is 14.3 Å². The fourth-order valence-electron chi connectivity index (χ4n) is 3.99. The Hall–Kier alpha value is -3.07. The molecule has 8 nitrogen and oxygen atoms in total. The highest BCUT2D eigenvalue weighted by Gasteiger charge is 2.47. The quantitative estimate of drug-likeness (QED) is 0.646. The van der Waals surface area contributed by atoms with Crippen molar-refractivity contribution in [3.8, 4) is 11.5 Å². The fraction of sp³-hybridized carbons (Fsp3) is 0.318. The number of aryl methyl sites for hydroxylation is 1. The number of cyclic esters (lactones) is 1. The van der Waals surface area contributed by atoms with Gasteiger partial charge < -0.3 is 19.5 Å². The summed E-state index contributed by atoms with van der Waals surface area (Å²) in [5.41, 5.74) is 2.27. The van der Waals surface area contributed by atoms with Gasteiger partial charge in [0.2, 0.25) is 18.0 Å². The molecule has 0 bridgehead atoms. The predicted octanol–water partition coefficient (Wildman–Crippen LogP) is 3.57. The van der Waals surface area contributed by atoms with Gasteiger partial charge in [0.1, 0.15) is 11.6 Å². The number of anilines is 1. The monoisotopic (exact) mass is 488 g/mol. The number of hydrogen-bond acceptors (Lipinski definition) is 6. The molecular weight excluding hydrogens is 468 g/mol. The van der Waals surface area contributed by atoms with Crippen LogP contribution in [0.5, 0.6) is 11.5 Å². The van der Waals surface area contributed by atoms with Crippen LogP contribution in [0.3, 0.4) is 0 Å². The zero-order chi connectivity index (χ0) is 22.3. The number of nitrogens with one attached hydrogen (secondary N) is 1. The third-order valence-corrected chi connectivity index (χ3v) is 6.39. The van der Waals surface area contributed by atoms with E-state index in [1.165, 1.54) is 19.1 Å². The summed E-state index contributed by atoms with van der Waals surface area (Å²) in [6.07, 6.45) is -0.481. The Morgan fingerprint density at radius 3 is 2.65 bits per heavy atom. The molecule has 0 spiro atoms. The molecule has 0 unspecified atom stereocenters. The predicted molar refractivity (Wildman–Crippen MR) is 115 cm³/mol. The average molecular weight is 489 g/mol. The molecule has 2 amide bonds. The third kappa shape index (κ3) is 3.63. The van der Waals surface area contributed by atoms with Gasteiger partial charge in [-0.2, -0.15) is 0 Å². The lowest BCUT2D eigenvalue weighted by Crippen LogP contribution is -2.43. The van der Waals surface area contributed by atoms with Crippen LogP contribution in [0.15, 0.2) is 34.8 Å². The zero-order valence-electron chi connectivity index (χ0n) is 17.2. The lowest BCUT2D eigenvalue weighted by Gasteiger charge is -2.29. The molecule has 31 heavy (non-hydrogen) atoms. The van der Waals surface area contributed by atoms with E-state index in [2.05, 4.69) is 21.2 Å². The summed E-state index contributed by atoms with van der Waals surface area (Å²) in [6.45, 7) is 1.92. The van der Waals surface area contributed by atoms with E-state index >= 15 is 0 Å². The second-order valence-electron chi connectivity index (χ2n) is 7.33. The number of rotatable bonds is 5. The van der Waals surface area contributed by atoms with Gasteiger partial charge in [-0.3, -0.25) is 14.5 Å². The highest BCUT2D eigenvalue weighted by molar-refractivity contribution is 9.10. The highest BCUT2D eigenvalue weighted by atomic mass is 79.9. The van der Waals surface area contributed by atoms with Gasteiger partial charge in [-0.05, 0) is 49.2 Å². The number of amides is 2. The highest BCUT2D eigenvalue weighted by Crippen LogP contribution is 2.45. The third-order valence-electron chi connectivity index (χ3n) is 5.50. The van der Waals surface area contributed by atoms with E-state index in [1.807, 2.05) is 19.1 Å². The van der Waals surface area contributed by atoms with Crippen LogP contribution in [0, 0.1) is 6.92 Å². The zero-order valence-corrected chi connectivity index (χ0v) is 18.8. The lowest BCUT2D eigenvalue weighted by atomic mass is 10.0. The Labute approximate surface area is 187 Å². The van der Waals surface area contributed by atoms with Gasteiger partial charge >= 0.3 is 5.97 Å². The molecule has 2 aliphatic heterocycles. The molecule has 2 atom stereocenters. The molecule has 1 fully saturated rings. The van der Waals surface area contributed by atoms with Gasteiger partial charge in [-0.1, -0.05) is 15.9 Å². The molecule has 4 rings (SSSR count). The summed E-state index contributed by atoms with van der Waals surface area (Å²) in [4.78, 5) is 39.7. The molecule has 162 valence electrons. The molecule has 2 aromatic carbocycles. The summed E-state index contributed by atoms with van der Waals surface area (Å²) in [5.74, 6) is -0.597. The number of carbonyl (C=O) groups is 3. The SMILES string of the molecule is COc1ccc2c(c1OC)C(=O)O[C@H]2N1C(=O)CC[C@@H]1C(=O)Nc1ccc(Br)c(C)c1. The minimum Gasteiger partial charge on any atom is -0.493 e. The Kier molecular flexibility index (Phi) is 5.62. The maximum atomic E-state index is 13.0. The lowest BCUT2D eigenvalue weighted by molar-refractivity contribution is -0.144. The van der Waals surface area contributed by atoms with Crippen LogP contribution in [0.25, 0.3) is 0 Å². The molecule has 2 aliphatic rings. The second-order valence-corrected chi connectivity index (χ2v) is 8.19. The first-order chi connectivity index (χ1) is 14.8. The van der Waals surface area contributed by atoms with Crippen molar-refractivity contribution in [3.63, 3.8) is 0 Å². The minimum absolute atomic E-state index is 0.189. The van der Waals surface area contributed by atoms with Gasteiger partial charge in [0.15, 0.2) is 11.5 Å². The molecule has 1 N–H and O–H groups in total. The number of likely N-dealkylation sites (tertiary alicyclic amines) is 1. The average Bonchev–Trinajstić information content (AvgIpc) is 3.29. The fourth-order valence-corrected chi connectivity index (χ4v) is 4.24. The smallest absolute Gasteiger partial charge is 0.344 e. The summed E-state index contributed by atoms with van der Waals surface area (Å²) in [6, 6.07) is 7.99. The van der Waals surface area contributed by atoms with Gasteiger partial charge in [0, 0.05) is 22.1 Å². The van der Waals surface area contributed by atoms with E-state index in [0.717, 1.165) is 10.0 Å². The van der Waals surface area contributed by atoms with E-state index in [1.54, 1.807) is 18.2 Å². The Balaban J connectivity index is 1.64. The first kappa shape index (κ1) is 21.2. The van der Waals surface area contributed by atoms with E-state index < -0.39 is 18.2 Å². The molecule has 0 saturated carbocycles. The van der Waals surface area contributed by atoms with Crippen molar-refractivity contribution < 1.29 is 28.6 Å². The number of ether oxygens (including phenoxy) is 3. The van der Waals surface area contributed by atoms with Crippen molar-refractivity contribution in [2.75, 3.05) is 19.5 Å². The second kappa shape index (κ2) is 8.22. The van der Waals surface area contributed by atoms with E-state index in [-0.39, 0.29) is 29.5 Å². The van der Waals surface area contributed by atoms with E-state index in [4.69, 9.17) is 14.2 Å². The van der Waals surface area contributed by atoms with Crippen LogP contribution < -0.4 is 14.8 Å². The first-order valence-electron chi connectivity index (χ1n) is 9.69. The largest absolute Gasteiger partial charge is 0.493 e. The number of hydrogen-bond donors (Lipinski definition) is 1. The number of fused-ring (bicyclic) bond motifs is 1.